The van der Waals surface area contributed by atoms with Crippen LogP contribution >= 0.6 is 11.3 Å². The minimum Gasteiger partial charge on any atom is -0.350 e. The normalized spacial score (nSPS) is 17.5. The Labute approximate surface area is 200 Å². The first-order chi connectivity index (χ1) is 16.4. The molecular weight excluding hydrogens is 451 g/mol. The number of carbonyl (C=O) groups is 2. The summed E-state index contributed by atoms with van der Waals surface area (Å²) in [5.74, 6) is -0.869. The molecule has 1 atom stereocenters. The third kappa shape index (κ3) is 4.12. The van der Waals surface area contributed by atoms with E-state index in [4.69, 9.17) is 0 Å². The number of nitrogens with one attached hydrogen (secondary N) is 1. The van der Waals surface area contributed by atoms with Crippen LogP contribution in [0.5, 0.6) is 0 Å². The molecule has 0 radical (unpaired) electrons. The van der Waals surface area contributed by atoms with Gasteiger partial charge in [0.1, 0.15) is 22.7 Å². The Morgan fingerprint density at radius 3 is 2.56 bits per heavy atom. The third-order valence-electron chi connectivity index (χ3n) is 6.11. The molecule has 0 saturated carbocycles. The SMILES string of the molecule is C[C@@]1(C(=O)NCc2ccc(F)cc2)Cn2nc(-c3cccs3)cc2C(=O)N1Cc1ccccc1. The van der Waals surface area contributed by atoms with E-state index in [0.717, 1.165) is 16.0 Å². The highest BCUT2D eigenvalue weighted by Crippen LogP contribution is 2.32. The molecule has 1 N–H and O–H groups in total. The van der Waals surface area contributed by atoms with Gasteiger partial charge in [-0.05, 0) is 47.7 Å². The molecule has 34 heavy (non-hydrogen) atoms. The second-order valence-corrected chi connectivity index (χ2v) is 9.46. The number of fused-ring (bicyclic) bond motifs is 1. The second-order valence-electron chi connectivity index (χ2n) is 8.51. The lowest BCUT2D eigenvalue weighted by Crippen LogP contribution is -2.63. The molecule has 0 spiro atoms. The van der Waals surface area contributed by atoms with Gasteiger partial charge < -0.3 is 10.2 Å². The first kappa shape index (κ1) is 22.0. The Kier molecular flexibility index (Phi) is 5.75. The molecule has 8 heteroatoms. The molecule has 2 aromatic heterocycles. The van der Waals surface area contributed by atoms with Crippen molar-refractivity contribution in [3.63, 3.8) is 0 Å². The van der Waals surface area contributed by atoms with Crippen molar-refractivity contribution in [1.29, 1.82) is 0 Å². The minimum atomic E-state index is -1.17. The molecule has 0 unspecified atom stereocenters. The fraction of sp³-hybridized carbons (Fsp3) is 0.192. The maximum Gasteiger partial charge on any atom is 0.273 e. The molecule has 5 rings (SSSR count). The smallest absolute Gasteiger partial charge is 0.273 e. The van der Waals surface area contributed by atoms with Crippen LogP contribution in [0.4, 0.5) is 4.39 Å². The quantitative estimate of drug-likeness (QED) is 0.448. The summed E-state index contributed by atoms with van der Waals surface area (Å²) in [7, 11) is 0. The van der Waals surface area contributed by atoms with Gasteiger partial charge in [-0.15, -0.1) is 11.3 Å². The van der Waals surface area contributed by atoms with Crippen LogP contribution in [0.2, 0.25) is 0 Å². The summed E-state index contributed by atoms with van der Waals surface area (Å²) in [6, 6.07) is 21.3. The van der Waals surface area contributed by atoms with Crippen LogP contribution in [0.25, 0.3) is 10.6 Å². The highest BCUT2D eigenvalue weighted by molar-refractivity contribution is 7.13. The van der Waals surface area contributed by atoms with Crippen LogP contribution in [0, 0.1) is 5.82 Å². The molecule has 2 amide bonds. The van der Waals surface area contributed by atoms with Crippen LogP contribution in [0.15, 0.2) is 78.2 Å². The second kappa shape index (κ2) is 8.87. The van der Waals surface area contributed by atoms with Gasteiger partial charge in [0.2, 0.25) is 5.91 Å². The van der Waals surface area contributed by atoms with Crippen molar-refractivity contribution in [1.82, 2.24) is 20.0 Å². The largest absolute Gasteiger partial charge is 0.350 e. The Bertz CT molecular complexity index is 1320. The number of rotatable bonds is 6. The predicted molar refractivity (Wildman–Crippen MR) is 129 cm³/mol. The molecule has 0 saturated heterocycles. The Morgan fingerprint density at radius 1 is 1.09 bits per heavy atom. The summed E-state index contributed by atoms with van der Waals surface area (Å²) in [5, 5.41) is 9.55. The van der Waals surface area contributed by atoms with Crippen LogP contribution < -0.4 is 5.32 Å². The van der Waals surface area contributed by atoms with Crippen LogP contribution in [0.3, 0.4) is 0 Å². The van der Waals surface area contributed by atoms with E-state index in [1.54, 1.807) is 46.0 Å². The number of aromatic nitrogens is 2. The first-order valence-electron chi connectivity index (χ1n) is 10.9. The Hall–Kier alpha value is -3.78. The maximum atomic E-state index is 13.7. The van der Waals surface area contributed by atoms with Crippen LogP contribution in [-0.4, -0.2) is 32.0 Å². The van der Waals surface area contributed by atoms with E-state index in [1.165, 1.54) is 12.1 Å². The highest BCUT2D eigenvalue weighted by Gasteiger charge is 2.48. The summed E-state index contributed by atoms with van der Waals surface area (Å²) < 4.78 is 14.9. The molecule has 0 fully saturated rings. The van der Waals surface area contributed by atoms with Crippen LogP contribution in [0.1, 0.15) is 28.5 Å². The highest BCUT2D eigenvalue weighted by atomic mass is 32.1. The molecular formula is C26H23FN4O2S. The number of amides is 2. The topological polar surface area (TPSA) is 67.2 Å². The molecule has 0 aliphatic carbocycles. The fourth-order valence-corrected chi connectivity index (χ4v) is 4.86. The minimum absolute atomic E-state index is 0.224. The lowest BCUT2D eigenvalue weighted by Gasteiger charge is -2.43. The number of nitrogens with zero attached hydrogens (tertiary/aromatic N) is 3. The van der Waals surface area contributed by atoms with Gasteiger partial charge in [0.15, 0.2) is 0 Å². The summed E-state index contributed by atoms with van der Waals surface area (Å²) in [6.45, 7) is 2.51. The van der Waals surface area contributed by atoms with Gasteiger partial charge in [-0.1, -0.05) is 48.5 Å². The van der Waals surface area contributed by atoms with E-state index >= 15 is 0 Å². The van der Waals surface area contributed by atoms with Gasteiger partial charge in [-0.3, -0.25) is 14.3 Å². The number of thiophene rings is 1. The zero-order valence-corrected chi connectivity index (χ0v) is 19.4. The molecule has 172 valence electrons. The average Bonchev–Trinajstić information content (AvgIpc) is 3.52. The van der Waals surface area contributed by atoms with Gasteiger partial charge in [0.25, 0.3) is 5.91 Å². The summed E-state index contributed by atoms with van der Waals surface area (Å²) in [6.07, 6.45) is 0. The van der Waals surface area contributed by atoms with Crippen molar-refractivity contribution in [2.24, 2.45) is 0 Å². The Morgan fingerprint density at radius 2 is 1.85 bits per heavy atom. The van der Waals surface area contributed by atoms with Gasteiger partial charge in [0, 0.05) is 13.1 Å². The molecule has 3 heterocycles. The molecule has 1 aliphatic rings. The summed E-state index contributed by atoms with van der Waals surface area (Å²) >= 11 is 1.55. The van der Waals surface area contributed by atoms with Crippen molar-refractivity contribution in [2.45, 2.75) is 32.1 Å². The number of halogens is 1. The summed E-state index contributed by atoms with van der Waals surface area (Å²) in [5.41, 5.74) is 1.71. The molecule has 1 aliphatic heterocycles. The standard InChI is InChI=1S/C26H23FN4O2S/c1-26(25(33)28-15-18-9-11-20(27)12-10-18)17-31-22(14-21(29-31)23-8-5-13-34-23)24(32)30(26)16-19-6-3-2-4-7-19/h2-14H,15-17H2,1H3,(H,28,33)/t26-/m0/s1. The van der Waals surface area contributed by atoms with Crippen molar-refractivity contribution in [3.8, 4) is 10.6 Å². The number of hydrogen-bond acceptors (Lipinski definition) is 4. The monoisotopic (exact) mass is 474 g/mol. The zero-order valence-electron chi connectivity index (χ0n) is 18.6. The lowest BCUT2D eigenvalue weighted by atomic mass is 9.94. The van der Waals surface area contributed by atoms with Crippen molar-refractivity contribution >= 4 is 23.2 Å². The molecule has 6 nitrogen and oxygen atoms in total. The van der Waals surface area contributed by atoms with Gasteiger partial charge in [-0.25, -0.2) is 4.39 Å². The Balaban J connectivity index is 1.47. The fourth-order valence-electron chi connectivity index (χ4n) is 4.18. The van der Waals surface area contributed by atoms with E-state index in [2.05, 4.69) is 10.4 Å². The van der Waals surface area contributed by atoms with Gasteiger partial charge >= 0.3 is 0 Å². The van der Waals surface area contributed by atoms with Crippen LogP contribution in [-0.2, 0) is 24.4 Å². The third-order valence-corrected chi connectivity index (χ3v) is 7.00. The molecule has 2 aromatic carbocycles. The number of benzene rings is 2. The van der Waals surface area contributed by atoms with E-state index in [9.17, 15) is 14.0 Å². The first-order valence-corrected chi connectivity index (χ1v) is 11.8. The number of carbonyl (C=O) groups excluding carboxylic acids is 2. The van der Waals surface area contributed by atoms with E-state index in [-0.39, 0.29) is 30.7 Å². The van der Waals surface area contributed by atoms with Crippen molar-refractivity contribution in [3.05, 3.63) is 101 Å². The summed E-state index contributed by atoms with van der Waals surface area (Å²) in [4.78, 5) is 29.8. The van der Waals surface area contributed by atoms with Gasteiger partial charge in [0.05, 0.1) is 11.4 Å². The number of hydrogen-bond donors (Lipinski definition) is 1. The van der Waals surface area contributed by atoms with Gasteiger partial charge in [-0.2, -0.15) is 5.10 Å². The average molecular weight is 475 g/mol. The lowest BCUT2D eigenvalue weighted by molar-refractivity contribution is -0.133. The maximum absolute atomic E-state index is 13.7. The van der Waals surface area contributed by atoms with Crippen molar-refractivity contribution < 1.29 is 14.0 Å². The van der Waals surface area contributed by atoms with E-state index in [0.29, 0.717) is 17.9 Å². The van der Waals surface area contributed by atoms with E-state index < -0.39 is 5.54 Å². The molecule has 4 aromatic rings. The van der Waals surface area contributed by atoms with Crippen molar-refractivity contribution in [2.75, 3.05) is 0 Å². The zero-order chi connectivity index (χ0) is 23.7. The predicted octanol–water partition coefficient (Wildman–Crippen LogP) is 4.48. The molecule has 0 bridgehead atoms. The van der Waals surface area contributed by atoms with E-state index in [1.807, 2.05) is 47.8 Å².